The molecule has 0 aliphatic carbocycles. The summed E-state index contributed by atoms with van der Waals surface area (Å²) in [5.41, 5.74) is 2.50. The normalized spacial score (nSPS) is 18.9. The molecule has 1 aliphatic heterocycles. The number of carbonyl (C=O) groups is 2. The molecule has 0 bridgehead atoms. The third-order valence-electron chi connectivity index (χ3n) is 2.44. The molecule has 1 aromatic rings. The van der Waals surface area contributed by atoms with E-state index in [1.807, 2.05) is 0 Å². The van der Waals surface area contributed by atoms with Gasteiger partial charge in [-0.15, -0.1) is 11.3 Å². The van der Waals surface area contributed by atoms with Crippen molar-refractivity contribution in [2.75, 3.05) is 11.9 Å². The minimum atomic E-state index is -0.456. The molecule has 2 rings (SSSR count). The molecule has 1 aromatic heterocycles. The fraction of sp³-hybridized carbons (Fsp3) is 0.545. The van der Waals surface area contributed by atoms with Gasteiger partial charge in [0.15, 0.2) is 11.4 Å². The van der Waals surface area contributed by atoms with Crippen molar-refractivity contribution in [3.63, 3.8) is 0 Å². The van der Waals surface area contributed by atoms with Crippen molar-refractivity contribution in [3.8, 4) is 0 Å². The van der Waals surface area contributed by atoms with Gasteiger partial charge in [0.25, 0.3) is 5.91 Å². The van der Waals surface area contributed by atoms with Crippen LogP contribution >= 0.6 is 11.3 Å². The van der Waals surface area contributed by atoms with Crippen molar-refractivity contribution in [3.05, 3.63) is 11.1 Å². The Kier molecular flexibility index (Phi) is 4.83. The number of anilines is 1. The molecule has 1 fully saturated rings. The highest BCUT2D eigenvalue weighted by Crippen LogP contribution is 2.16. The van der Waals surface area contributed by atoms with E-state index in [1.165, 1.54) is 18.3 Å². The summed E-state index contributed by atoms with van der Waals surface area (Å²) in [4.78, 5) is 31.7. The van der Waals surface area contributed by atoms with E-state index in [9.17, 15) is 9.59 Å². The molecular weight excluding hydrogens is 270 g/mol. The van der Waals surface area contributed by atoms with Gasteiger partial charge in [0.2, 0.25) is 5.91 Å². The van der Waals surface area contributed by atoms with Crippen molar-refractivity contribution in [1.29, 1.82) is 0 Å². The second-order valence-electron chi connectivity index (χ2n) is 4.06. The number of thiazole rings is 1. The van der Waals surface area contributed by atoms with Crippen LogP contribution in [0.1, 0.15) is 36.7 Å². The summed E-state index contributed by atoms with van der Waals surface area (Å²) >= 11 is 1.18. The number of rotatable bonds is 4. The summed E-state index contributed by atoms with van der Waals surface area (Å²) in [5.74, 6) is -0.685. The fourth-order valence-corrected chi connectivity index (χ4v) is 2.30. The number of ether oxygens (including phenoxy) is 1. The minimum absolute atomic E-state index is 0.199. The molecule has 104 valence electrons. The first-order valence-electron chi connectivity index (χ1n) is 5.96. The summed E-state index contributed by atoms with van der Waals surface area (Å²) in [6, 6.07) is 0. The van der Waals surface area contributed by atoms with E-state index >= 15 is 0 Å². The SMILES string of the molecule is CC(=O)Nc1nc(C(=O)NO[C@@H]2CCCCO2)cs1. The molecule has 0 aromatic carbocycles. The van der Waals surface area contributed by atoms with Gasteiger partial charge in [-0.1, -0.05) is 0 Å². The second-order valence-corrected chi connectivity index (χ2v) is 4.92. The van der Waals surface area contributed by atoms with Gasteiger partial charge in [0.05, 0.1) is 0 Å². The molecule has 2 N–H and O–H groups in total. The Morgan fingerprint density at radius 2 is 2.37 bits per heavy atom. The predicted molar refractivity (Wildman–Crippen MR) is 68.6 cm³/mol. The molecule has 0 spiro atoms. The van der Waals surface area contributed by atoms with Crippen molar-refractivity contribution >= 4 is 28.3 Å². The average molecular weight is 285 g/mol. The maximum absolute atomic E-state index is 11.7. The zero-order chi connectivity index (χ0) is 13.7. The van der Waals surface area contributed by atoms with Crippen molar-refractivity contribution < 1.29 is 19.2 Å². The minimum Gasteiger partial charge on any atom is -0.350 e. The quantitative estimate of drug-likeness (QED) is 0.814. The van der Waals surface area contributed by atoms with Crippen LogP contribution in [0.25, 0.3) is 0 Å². The Morgan fingerprint density at radius 3 is 3.05 bits per heavy atom. The molecule has 1 saturated heterocycles. The number of hydrogen-bond acceptors (Lipinski definition) is 6. The smallest absolute Gasteiger partial charge is 0.294 e. The van der Waals surface area contributed by atoms with Crippen LogP contribution in [0.2, 0.25) is 0 Å². The maximum Gasteiger partial charge on any atom is 0.294 e. The molecule has 8 heteroatoms. The lowest BCUT2D eigenvalue weighted by atomic mass is 10.2. The zero-order valence-electron chi connectivity index (χ0n) is 10.5. The van der Waals surface area contributed by atoms with Gasteiger partial charge in [-0.25, -0.2) is 15.3 Å². The van der Waals surface area contributed by atoms with Gasteiger partial charge in [0, 0.05) is 25.3 Å². The number of amides is 2. The summed E-state index contributed by atoms with van der Waals surface area (Å²) in [6.07, 6.45) is 2.39. The van der Waals surface area contributed by atoms with Crippen LogP contribution in [-0.4, -0.2) is 29.7 Å². The number of aromatic nitrogens is 1. The molecule has 2 heterocycles. The molecule has 1 aliphatic rings. The first-order chi connectivity index (χ1) is 9.15. The van der Waals surface area contributed by atoms with Crippen LogP contribution < -0.4 is 10.8 Å². The fourth-order valence-electron chi connectivity index (χ4n) is 1.56. The van der Waals surface area contributed by atoms with E-state index in [4.69, 9.17) is 9.57 Å². The van der Waals surface area contributed by atoms with Gasteiger partial charge in [-0.3, -0.25) is 9.59 Å². The molecule has 19 heavy (non-hydrogen) atoms. The van der Waals surface area contributed by atoms with Gasteiger partial charge >= 0.3 is 0 Å². The number of nitrogens with zero attached hydrogens (tertiary/aromatic N) is 1. The molecule has 0 saturated carbocycles. The number of nitrogens with one attached hydrogen (secondary N) is 2. The number of carbonyl (C=O) groups excluding carboxylic acids is 2. The highest BCUT2D eigenvalue weighted by Gasteiger charge is 2.17. The van der Waals surface area contributed by atoms with Crippen LogP contribution in [0, 0.1) is 0 Å². The van der Waals surface area contributed by atoms with Crippen LogP contribution in [0.3, 0.4) is 0 Å². The Morgan fingerprint density at radius 1 is 1.53 bits per heavy atom. The van der Waals surface area contributed by atoms with Crippen LogP contribution in [0.4, 0.5) is 5.13 Å². The maximum atomic E-state index is 11.7. The van der Waals surface area contributed by atoms with Crippen molar-refractivity contribution in [1.82, 2.24) is 10.5 Å². The Hall–Kier alpha value is -1.51. The first kappa shape index (κ1) is 13.9. The predicted octanol–water partition coefficient (Wildman–Crippen LogP) is 1.29. The lowest BCUT2D eigenvalue weighted by Gasteiger charge is -2.21. The highest BCUT2D eigenvalue weighted by molar-refractivity contribution is 7.14. The molecule has 0 radical (unpaired) electrons. The van der Waals surface area contributed by atoms with E-state index in [0.717, 1.165) is 19.3 Å². The monoisotopic (exact) mass is 285 g/mol. The highest BCUT2D eigenvalue weighted by atomic mass is 32.1. The van der Waals surface area contributed by atoms with E-state index in [2.05, 4.69) is 15.8 Å². The Labute approximate surface area is 114 Å². The molecule has 1 atom stereocenters. The second kappa shape index (κ2) is 6.60. The van der Waals surface area contributed by atoms with Gasteiger partial charge in [-0.2, -0.15) is 0 Å². The van der Waals surface area contributed by atoms with Crippen LogP contribution in [0.15, 0.2) is 5.38 Å². The topological polar surface area (TPSA) is 89.6 Å². The Bertz CT molecular complexity index is 457. The molecule has 7 nitrogen and oxygen atoms in total. The first-order valence-corrected chi connectivity index (χ1v) is 6.84. The van der Waals surface area contributed by atoms with Crippen molar-refractivity contribution in [2.45, 2.75) is 32.5 Å². The summed E-state index contributed by atoms with van der Waals surface area (Å²) < 4.78 is 5.31. The van der Waals surface area contributed by atoms with Gasteiger partial charge in [-0.05, 0) is 12.8 Å². The largest absolute Gasteiger partial charge is 0.350 e. The van der Waals surface area contributed by atoms with Crippen LogP contribution in [-0.2, 0) is 14.4 Å². The Balaban J connectivity index is 1.81. The summed E-state index contributed by atoms with van der Waals surface area (Å²) in [7, 11) is 0. The molecular formula is C11H15N3O4S. The average Bonchev–Trinajstić information content (AvgIpc) is 2.85. The van der Waals surface area contributed by atoms with E-state index < -0.39 is 12.2 Å². The lowest BCUT2D eigenvalue weighted by Crippen LogP contribution is -2.33. The van der Waals surface area contributed by atoms with E-state index in [0.29, 0.717) is 11.7 Å². The van der Waals surface area contributed by atoms with Crippen LogP contribution in [0.5, 0.6) is 0 Å². The van der Waals surface area contributed by atoms with Gasteiger partial charge in [0.1, 0.15) is 5.69 Å². The summed E-state index contributed by atoms with van der Waals surface area (Å²) in [6.45, 7) is 2.02. The van der Waals surface area contributed by atoms with E-state index in [-0.39, 0.29) is 11.6 Å². The summed E-state index contributed by atoms with van der Waals surface area (Å²) in [5, 5.41) is 4.44. The third kappa shape index (κ3) is 4.27. The van der Waals surface area contributed by atoms with Crippen molar-refractivity contribution in [2.24, 2.45) is 0 Å². The standard InChI is InChI=1S/C11H15N3O4S/c1-7(15)12-11-13-8(6-19-11)10(16)14-18-9-4-2-3-5-17-9/h6,9H,2-5H2,1H3,(H,14,16)(H,12,13,15)/t9-/m1/s1. The number of hydroxylamine groups is 1. The molecule has 2 amide bonds. The number of hydrogen-bond donors (Lipinski definition) is 2. The zero-order valence-corrected chi connectivity index (χ0v) is 11.3. The molecule has 0 unspecified atom stereocenters. The van der Waals surface area contributed by atoms with Gasteiger partial charge < -0.3 is 10.1 Å². The third-order valence-corrected chi connectivity index (χ3v) is 3.20. The lowest BCUT2D eigenvalue weighted by molar-refractivity contribution is -0.186. The van der Waals surface area contributed by atoms with E-state index in [1.54, 1.807) is 5.38 Å².